The molecule has 0 aromatic rings. The average Bonchev–Trinajstić information content (AvgIpc) is 2.47. The fourth-order valence-corrected chi connectivity index (χ4v) is 1.28. The molecule has 0 bridgehead atoms. The summed E-state index contributed by atoms with van der Waals surface area (Å²) in [6.45, 7) is 7.55. The number of esters is 1. The van der Waals surface area contributed by atoms with Gasteiger partial charge in [0.2, 0.25) is 0 Å². The Morgan fingerprint density at radius 1 is 1.53 bits per heavy atom. The predicted octanol–water partition coefficient (Wildman–Crippen LogP) is 1.56. The number of rotatable bonds is 2. The summed E-state index contributed by atoms with van der Waals surface area (Å²) in [6, 6.07) is 0. The second-order valence-electron chi connectivity index (χ2n) is 4.35. The van der Waals surface area contributed by atoms with Crippen molar-refractivity contribution in [2.75, 3.05) is 6.61 Å². The van der Waals surface area contributed by atoms with Crippen LogP contribution in [0.5, 0.6) is 0 Å². The minimum Gasteiger partial charge on any atom is -0.461 e. The maximum absolute atomic E-state index is 11.5. The summed E-state index contributed by atoms with van der Waals surface area (Å²) in [5.41, 5.74) is -0.299. The van der Waals surface area contributed by atoms with Crippen LogP contribution in [0, 0.1) is 5.41 Å². The molecular weight excluding hydrogens is 198 g/mol. The lowest BCUT2D eigenvalue weighted by Crippen LogP contribution is -2.38. The number of carbonyl (C=O) groups is 2. The summed E-state index contributed by atoms with van der Waals surface area (Å²) in [5.74, 6) is -0.580. The SMILES string of the molecule is CCOC(=O)C1=NC(=O)OC1C(C)(C)C. The molecule has 1 rings (SSSR count). The predicted molar refractivity (Wildman–Crippen MR) is 53.8 cm³/mol. The highest BCUT2D eigenvalue weighted by atomic mass is 16.6. The van der Waals surface area contributed by atoms with Gasteiger partial charge in [-0.15, -0.1) is 0 Å². The van der Waals surface area contributed by atoms with E-state index in [-0.39, 0.29) is 17.7 Å². The second-order valence-corrected chi connectivity index (χ2v) is 4.35. The summed E-state index contributed by atoms with van der Waals surface area (Å²) >= 11 is 0. The zero-order valence-corrected chi connectivity index (χ0v) is 9.36. The van der Waals surface area contributed by atoms with Crippen molar-refractivity contribution in [3.05, 3.63) is 0 Å². The quantitative estimate of drug-likeness (QED) is 0.653. The van der Waals surface area contributed by atoms with Crippen LogP contribution in [0.3, 0.4) is 0 Å². The molecule has 0 aromatic carbocycles. The Morgan fingerprint density at radius 2 is 2.13 bits per heavy atom. The summed E-state index contributed by atoms with van der Waals surface area (Å²) in [5, 5.41) is 0. The monoisotopic (exact) mass is 213 g/mol. The highest BCUT2D eigenvalue weighted by molar-refractivity contribution is 6.41. The van der Waals surface area contributed by atoms with E-state index in [0.717, 1.165) is 0 Å². The second kappa shape index (κ2) is 4.00. The molecule has 0 saturated heterocycles. The van der Waals surface area contributed by atoms with Crippen molar-refractivity contribution in [2.45, 2.75) is 33.8 Å². The molecule has 5 nitrogen and oxygen atoms in total. The number of hydrogen-bond acceptors (Lipinski definition) is 4. The minimum atomic E-state index is -0.724. The Morgan fingerprint density at radius 3 is 2.60 bits per heavy atom. The Hall–Kier alpha value is -1.39. The minimum absolute atomic E-state index is 0.0642. The normalized spacial score (nSPS) is 20.9. The Labute approximate surface area is 88.5 Å². The van der Waals surface area contributed by atoms with Gasteiger partial charge < -0.3 is 9.47 Å². The molecule has 0 saturated carbocycles. The fourth-order valence-electron chi connectivity index (χ4n) is 1.28. The van der Waals surface area contributed by atoms with Crippen LogP contribution < -0.4 is 0 Å². The largest absolute Gasteiger partial charge is 0.461 e. The third-order valence-corrected chi connectivity index (χ3v) is 1.95. The van der Waals surface area contributed by atoms with Crippen LogP contribution in [0.2, 0.25) is 0 Å². The van der Waals surface area contributed by atoms with E-state index in [9.17, 15) is 9.59 Å². The molecule has 0 aromatic heterocycles. The zero-order chi connectivity index (χ0) is 11.6. The van der Waals surface area contributed by atoms with Gasteiger partial charge in [0.05, 0.1) is 6.61 Å². The number of carbonyl (C=O) groups excluding carboxylic acids is 2. The van der Waals surface area contributed by atoms with Crippen LogP contribution in [-0.4, -0.2) is 30.5 Å². The molecule has 15 heavy (non-hydrogen) atoms. The highest BCUT2D eigenvalue weighted by Crippen LogP contribution is 2.27. The average molecular weight is 213 g/mol. The first-order valence-corrected chi connectivity index (χ1v) is 4.82. The van der Waals surface area contributed by atoms with Crippen LogP contribution in [0.1, 0.15) is 27.7 Å². The maximum atomic E-state index is 11.5. The molecule has 0 fully saturated rings. The van der Waals surface area contributed by atoms with E-state index in [1.807, 2.05) is 20.8 Å². The highest BCUT2D eigenvalue weighted by Gasteiger charge is 2.42. The van der Waals surface area contributed by atoms with Crippen LogP contribution in [0.4, 0.5) is 4.79 Å². The topological polar surface area (TPSA) is 65.0 Å². The maximum Gasteiger partial charge on any atom is 0.434 e. The number of aliphatic imine (C=N–C) groups is 1. The van der Waals surface area contributed by atoms with E-state index < -0.39 is 18.2 Å². The van der Waals surface area contributed by atoms with Gasteiger partial charge in [-0.2, -0.15) is 4.99 Å². The van der Waals surface area contributed by atoms with Crippen molar-refractivity contribution < 1.29 is 19.1 Å². The third-order valence-electron chi connectivity index (χ3n) is 1.95. The Balaban J connectivity index is 2.89. The molecule has 1 unspecified atom stereocenters. The summed E-state index contributed by atoms with van der Waals surface area (Å²) in [4.78, 5) is 26.0. The first-order chi connectivity index (χ1) is 6.86. The van der Waals surface area contributed by atoms with Crippen molar-refractivity contribution >= 4 is 17.8 Å². The van der Waals surface area contributed by atoms with Crippen LogP contribution in [0.25, 0.3) is 0 Å². The number of cyclic esters (lactones) is 1. The van der Waals surface area contributed by atoms with Gasteiger partial charge in [0.1, 0.15) is 0 Å². The number of hydrogen-bond donors (Lipinski definition) is 0. The summed E-state index contributed by atoms with van der Waals surface area (Å²) < 4.78 is 9.76. The van der Waals surface area contributed by atoms with E-state index in [1.54, 1.807) is 6.92 Å². The zero-order valence-electron chi connectivity index (χ0n) is 9.36. The molecule has 1 heterocycles. The van der Waals surface area contributed by atoms with Crippen molar-refractivity contribution in [3.8, 4) is 0 Å². The molecule has 1 atom stereocenters. The van der Waals surface area contributed by atoms with Gasteiger partial charge in [0, 0.05) is 5.41 Å². The molecule has 0 radical (unpaired) electrons. The van der Waals surface area contributed by atoms with Gasteiger partial charge in [0.25, 0.3) is 0 Å². The van der Waals surface area contributed by atoms with Crippen molar-refractivity contribution in [3.63, 3.8) is 0 Å². The number of ether oxygens (including phenoxy) is 2. The van der Waals surface area contributed by atoms with Gasteiger partial charge in [-0.05, 0) is 6.92 Å². The first-order valence-electron chi connectivity index (χ1n) is 4.82. The van der Waals surface area contributed by atoms with Gasteiger partial charge in [-0.25, -0.2) is 9.59 Å². The lowest BCUT2D eigenvalue weighted by Gasteiger charge is -2.25. The van der Waals surface area contributed by atoms with E-state index in [2.05, 4.69) is 4.99 Å². The molecule has 5 heteroatoms. The summed E-state index contributed by atoms with van der Waals surface area (Å²) in [6.07, 6.45) is -1.35. The van der Waals surface area contributed by atoms with Crippen molar-refractivity contribution in [2.24, 2.45) is 10.4 Å². The van der Waals surface area contributed by atoms with Crippen LogP contribution in [-0.2, 0) is 14.3 Å². The summed E-state index contributed by atoms with van der Waals surface area (Å²) in [7, 11) is 0. The van der Waals surface area contributed by atoms with E-state index >= 15 is 0 Å². The third kappa shape index (κ3) is 2.55. The fraction of sp³-hybridized carbons (Fsp3) is 0.700. The van der Waals surface area contributed by atoms with Gasteiger partial charge in [0.15, 0.2) is 11.8 Å². The molecule has 0 N–H and O–H groups in total. The standard InChI is InChI=1S/C10H15NO4/c1-5-14-8(12)6-7(10(2,3)4)15-9(13)11-6/h7H,5H2,1-4H3. The van der Waals surface area contributed by atoms with Gasteiger partial charge in [-0.1, -0.05) is 20.8 Å². The molecule has 0 spiro atoms. The molecule has 1 amide bonds. The van der Waals surface area contributed by atoms with Crippen molar-refractivity contribution in [1.29, 1.82) is 0 Å². The molecule has 1 aliphatic rings. The van der Waals surface area contributed by atoms with Crippen LogP contribution in [0.15, 0.2) is 4.99 Å². The number of amides is 1. The molecule has 0 aliphatic carbocycles. The van der Waals surface area contributed by atoms with Crippen LogP contribution >= 0.6 is 0 Å². The van der Waals surface area contributed by atoms with E-state index in [0.29, 0.717) is 0 Å². The van der Waals surface area contributed by atoms with E-state index in [4.69, 9.17) is 9.47 Å². The molecule has 1 aliphatic heterocycles. The first kappa shape index (κ1) is 11.7. The lowest BCUT2D eigenvalue weighted by atomic mass is 9.86. The Bertz CT molecular complexity index is 314. The smallest absolute Gasteiger partial charge is 0.434 e. The van der Waals surface area contributed by atoms with Gasteiger partial charge in [-0.3, -0.25) is 0 Å². The number of nitrogens with zero attached hydrogens (tertiary/aromatic N) is 1. The lowest BCUT2D eigenvalue weighted by molar-refractivity contribution is -0.135. The molecular formula is C10H15NO4. The Kier molecular flexibility index (Phi) is 3.12. The van der Waals surface area contributed by atoms with E-state index in [1.165, 1.54) is 0 Å². The molecule has 84 valence electrons. The van der Waals surface area contributed by atoms with Crippen molar-refractivity contribution in [1.82, 2.24) is 0 Å². The van der Waals surface area contributed by atoms with Gasteiger partial charge >= 0.3 is 12.1 Å².